The third-order valence-electron chi connectivity index (χ3n) is 8.29. The lowest BCUT2D eigenvalue weighted by Gasteiger charge is -2.19. The lowest BCUT2D eigenvalue weighted by atomic mass is 10.0. The number of aliphatic hydroxyl groups excluding tert-OH is 1. The summed E-state index contributed by atoms with van der Waals surface area (Å²) in [5.41, 5.74) is 0. The van der Waals surface area contributed by atoms with Crippen molar-refractivity contribution in [1.82, 2.24) is 5.32 Å². The molecule has 0 aromatic heterocycles. The molecule has 0 fully saturated rings. The summed E-state index contributed by atoms with van der Waals surface area (Å²) in [5.74, 6) is 1.67. The molecule has 1 amide bonds. The Kier molecular flexibility index (Phi) is 31.9. The number of rotatable bonds is 33. The van der Waals surface area contributed by atoms with Gasteiger partial charge < -0.3 is 24.6 Å². The Balaban J connectivity index is 3.92. The fourth-order valence-corrected chi connectivity index (χ4v) is 5.28. The molecule has 258 valence electrons. The van der Waals surface area contributed by atoms with Gasteiger partial charge in [0.2, 0.25) is 0 Å². The van der Waals surface area contributed by atoms with Gasteiger partial charge >= 0.3 is 6.09 Å². The number of aliphatic hydroxyl groups is 1. The molecule has 0 radical (unpaired) electrons. The van der Waals surface area contributed by atoms with E-state index in [9.17, 15) is 9.90 Å². The summed E-state index contributed by atoms with van der Waals surface area (Å²) < 4.78 is 17.0. The van der Waals surface area contributed by atoms with Gasteiger partial charge in [0.25, 0.3) is 0 Å². The van der Waals surface area contributed by atoms with Crippen LogP contribution in [-0.2, 0) is 14.2 Å². The summed E-state index contributed by atoms with van der Waals surface area (Å²) in [6, 6.07) is -0.00824. The molecule has 0 spiro atoms. The van der Waals surface area contributed by atoms with Gasteiger partial charge in [-0.15, -0.1) is 0 Å². The van der Waals surface area contributed by atoms with Crippen LogP contribution in [-0.4, -0.2) is 56.4 Å². The SMILES string of the molecule is CCC(O)COC(=O)NC(CCCOCCCCCCCCCCC(C)C)CCOCCCCCCCCCCC(C)C. The molecule has 0 aliphatic rings. The standard InChI is InChI=1S/C37H75NO5/c1-6-36(39)32-43-37(40)38-35(27-31-42-29-22-18-14-10-8-12-16-20-25-34(4)5)26-23-30-41-28-21-17-13-9-7-11-15-19-24-33(2)3/h33-36,39H,6-32H2,1-5H3,(H,38,40). The number of ether oxygens (including phenoxy) is 3. The number of unbranched alkanes of at least 4 members (excludes halogenated alkanes) is 14. The number of hydrogen-bond donors (Lipinski definition) is 2. The number of alkyl carbamates (subject to hydrolysis) is 1. The molecule has 2 atom stereocenters. The van der Waals surface area contributed by atoms with Crippen LogP contribution in [0.15, 0.2) is 0 Å². The molecular weight excluding hydrogens is 538 g/mol. The van der Waals surface area contributed by atoms with Crippen LogP contribution in [0.4, 0.5) is 4.79 Å². The van der Waals surface area contributed by atoms with Gasteiger partial charge in [0.15, 0.2) is 0 Å². The van der Waals surface area contributed by atoms with Crippen LogP contribution < -0.4 is 5.32 Å². The van der Waals surface area contributed by atoms with Crippen molar-refractivity contribution >= 4 is 6.09 Å². The van der Waals surface area contributed by atoms with Crippen LogP contribution in [0.3, 0.4) is 0 Å². The lowest BCUT2D eigenvalue weighted by Crippen LogP contribution is -2.37. The summed E-state index contributed by atoms with van der Waals surface area (Å²) >= 11 is 0. The van der Waals surface area contributed by atoms with E-state index in [0.29, 0.717) is 13.0 Å². The Morgan fingerprint density at radius 2 is 0.977 bits per heavy atom. The minimum atomic E-state index is -0.611. The molecule has 0 aromatic carbocycles. The van der Waals surface area contributed by atoms with Crippen molar-refractivity contribution in [3.05, 3.63) is 0 Å². The quantitative estimate of drug-likeness (QED) is 0.0720. The second-order valence-corrected chi connectivity index (χ2v) is 13.7. The van der Waals surface area contributed by atoms with Crippen molar-refractivity contribution in [2.75, 3.05) is 33.0 Å². The fourth-order valence-electron chi connectivity index (χ4n) is 5.28. The number of nitrogens with one attached hydrogen (secondary N) is 1. The van der Waals surface area contributed by atoms with Crippen molar-refractivity contribution < 1.29 is 24.1 Å². The van der Waals surface area contributed by atoms with Crippen LogP contribution in [0.5, 0.6) is 0 Å². The highest BCUT2D eigenvalue weighted by molar-refractivity contribution is 5.67. The van der Waals surface area contributed by atoms with Crippen molar-refractivity contribution in [3.8, 4) is 0 Å². The first-order valence-electron chi connectivity index (χ1n) is 18.6. The molecule has 6 nitrogen and oxygen atoms in total. The maximum atomic E-state index is 12.3. The van der Waals surface area contributed by atoms with Crippen LogP contribution in [0.1, 0.15) is 176 Å². The van der Waals surface area contributed by atoms with Crippen molar-refractivity contribution in [2.24, 2.45) is 11.8 Å². The molecule has 0 heterocycles. The van der Waals surface area contributed by atoms with E-state index in [0.717, 1.165) is 63.8 Å². The number of amides is 1. The summed E-state index contributed by atoms with van der Waals surface area (Å²) in [7, 11) is 0. The molecule has 2 unspecified atom stereocenters. The van der Waals surface area contributed by atoms with E-state index in [2.05, 4.69) is 33.0 Å². The van der Waals surface area contributed by atoms with Crippen LogP contribution in [0.25, 0.3) is 0 Å². The Hall–Kier alpha value is -0.850. The second-order valence-electron chi connectivity index (χ2n) is 13.7. The Morgan fingerprint density at radius 1 is 0.558 bits per heavy atom. The first-order chi connectivity index (χ1) is 20.8. The zero-order valence-corrected chi connectivity index (χ0v) is 29.5. The van der Waals surface area contributed by atoms with E-state index < -0.39 is 12.2 Å². The second kappa shape index (κ2) is 32.5. The molecule has 0 rings (SSSR count). The van der Waals surface area contributed by atoms with E-state index in [4.69, 9.17) is 14.2 Å². The molecule has 0 bridgehead atoms. The Labute approximate surface area is 268 Å². The largest absolute Gasteiger partial charge is 0.447 e. The van der Waals surface area contributed by atoms with E-state index in [-0.39, 0.29) is 12.6 Å². The monoisotopic (exact) mass is 614 g/mol. The molecule has 0 aliphatic heterocycles. The minimum Gasteiger partial charge on any atom is -0.447 e. The van der Waals surface area contributed by atoms with Gasteiger partial charge in [-0.3, -0.25) is 0 Å². The minimum absolute atomic E-state index is 0.00824. The summed E-state index contributed by atoms with van der Waals surface area (Å²) in [6.07, 6.45) is 25.8. The highest BCUT2D eigenvalue weighted by atomic mass is 16.6. The zero-order chi connectivity index (χ0) is 31.8. The predicted octanol–water partition coefficient (Wildman–Crippen LogP) is 10.4. The number of carbonyl (C=O) groups excluding carboxylic acids is 1. The van der Waals surface area contributed by atoms with E-state index in [1.165, 1.54) is 103 Å². The Morgan fingerprint density at radius 3 is 1.44 bits per heavy atom. The lowest BCUT2D eigenvalue weighted by molar-refractivity contribution is 0.0622. The predicted molar refractivity (Wildman–Crippen MR) is 183 cm³/mol. The van der Waals surface area contributed by atoms with Gasteiger partial charge in [0.05, 0.1) is 6.10 Å². The van der Waals surface area contributed by atoms with Crippen molar-refractivity contribution in [3.63, 3.8) is 0 Å². The summed E-state index contributed by atoms with van der Waals surface area (Å²) in [6.45, 7) is 14.1. The smallest absolute Gasteiger partial charge is 0.407 e. The van der Waals surface area contributed by atoms with Crippen molar-refractivity contribution in [2.45, 2.75) is 188 Å². The average Bonchev–Trinajstić information content (AvgIpc) is 2.97. The van der Waals surface area contributed by atoms with E-state index in [1.54, 1.807) is 0 Å². The Bertz CT molecular complexity index is 571. The first-order valence-corrected chi connectivity index (χ1v) is 18.6. The van der Waals surface area contributed by atoms with Gasteiger partial charge in [0.1, 0.15) is 6.61 Å². The zero-order valence-electron chi connectivity index (χ0n) is 29.5. The first kappa shape index (κ1) is 42.1. The molecule has 2 N–H and O–H groups in total. The highest BCUT2D eigenvalue weighted by Crippen LogP contribution is 2.14. The van der Waals surface area contributed by atoms with E-state index >= 15 is 0 Å². The van der Waals surface area contributed by atoms with Crippen LogP contribution >= 0.6 is 0 Å². The molecule has 6 heteroatoms. The molecule has 43 heavy (non-hydrogen) atoms. The third-order valence-corrected chi connectivity index (χ3v) is 8.29. The highest BCUT2D eigenvalue weighted by Gasteiger charge is 2.14. The maximum Gasteiger partial charge on any atom is 0.407 e. The molecule has 0 aliphatic carbocycles. The number of carbonyl (C=O) groups is 1. The molecule has 0 aromatic rings. The van der Waals surface area contributed by atoms with Crippen LogP contribution in [0.2, 0.25) is 0 Å². The normalized spacial score (nSPS) is 13.1. The van der Waals surface area contributed by atoms with Gasteiger partial charge in [-0.2, -0.15) is 0 Å². The van der Waals surface area contributed by atoms with Crippen LogP contribution in [0, 0.1) is 11.8 Å². The van der Waals surface area contributed by atoms with Gasteiger partial charge in [-0.1, -0.05) is 137 Å². The van der Waals surface area contributed by atoms with E-state index in [1.807, 2.05) is 6.92 Å². The van der Waals surface area contributed by atoms with Gasteiger partial charge in [-0.25, -0.2) is 4.79 Å². The average molecular weight is 614 g/mol. The maximum absolute atomic E-state index is 12.3. The topological polar surface area (TPSA) is 77.0 Å². The molecule has 0 saturated carbocycles. The summed E-state index contributed by atoms with van der Waals surface area (Å²) in [4.78, 5) is 12.3. The number of hydrogen-bond acceptors (Lipinski definition) is 5. The van der Waals surface area contributed by atoms with Gasteiger partial charge in [0, 0.05) is 32.5 Å². The van der Waals surface area contributed by atoms with Gasteiger partial charge in [-0.05, 0) is 50.4 Å². The third kappa shape index (κ3) is 33.9. The molecular formula is C37H75NO5. The van der Waals surface area contributed by atoms with Crippen molar-refractivity contribution in [1.29, 1.82) is 0 Å². The fraction of sp³-hybridized carbons (Fsp3) is 0.973. The molecule has 0 saturated heterocycles. The summed E-state index contributed by atoms with van der Waals surface area (Å²) in [5, 5.41) is 12.7.